The van der Waals surface area contributed by atoms with Crippen LogP contribution in [-0.4, -0.2) is 24.0 Å². The Kier molecular flexibility index (Phi) is 3.96. The highest BCUT2D eigenvalue weighted by Crippen LogP contribution is 2.24. The van der Waals surface area contributed by atoms with E-state index < -0.39 is 0 Å². The number of nitro groups is 1. The van der Waals surface area contributed by atoms with E-state index in [9.17, 15) is 10.1 Å². The summed E-state index contributed by atoms with van der Waals surface area (Å²) in [5.74, 6) is 0.886. The van der Waals surface area contributed by atoms with E-state index in [1.165, 1.54) is 17.4 Å². The van der Waals surface area contributed by atoms with Crippen molar-refractivity contribution in [3.8, 4) is 0 Å². The number of thiophene rings is 1. The SMILES string of the molecule is CN(C)c1ccc(NCc2ccc([N+](=O)[O-])s2)cn1. The van der Waals surface area contributed by atoms with Gasteiger partial charge in [0, 0.05) is 31.6 Å². The van der Waals surface area contributed by atoms with Crippen molar-refractivity contribution in [2.75, 3.05) is 24.3 Å². The van der Waals surface area contributed by atoms with Crippen molar-refractivity contribution in [1.29, 1.82) is 0 Å². The van der Waals surface area contributed by atoms with Gasteiger partial charge in [0.25, 0.3) is 0 Å². The highest BCUT2D eigenvalue weighted by molar-refractivity contribution is 7.15. The molecule has 0 saturated carbocycles. The van der Waals surface area contributed by atoms with Gasteiger partial charge in [0.05, 0.1) is 16.8 Å². The van der Waals surface area contributed by atoms with Crippen LogP contribution >= 0.6 is 11.3 Å². The molecule has 2 heterocycles. The molecule has 7 heteroatoms. The molecule has 0 aromatic carbocycles. The van der Waals surface area contributed by atoms with E-state index >= 15 is 0 Å². The second-order valence-electron chi connectivity index (χ2n) is 4.15. The second-order valence-corrected chi connectivity index (χ2v) is 5.30. The van der Waals surface area contributed by atoms with E-state index in [0.29, 0.717) is 6.54 Å². The number of hydrogen-bond acceptors (Lipinski definition) is 6. The van der Waals surface area contributed by atoms with Crippen LogP contribution in [0.5, 0.6) is 0 Å². The highest BCUT2D eigenvalue weighted by atomic mass is 32.1. The largest absolute Gasteiger partial charge is 0.379 e. The van der Waals surface area contributed by atoms with Gasteiger partial charge >= 0.3 is 5.00 Å². The quantitative estimate of drug-likeness (QED) is 0.672. The van der Waals surface area contributed by atoms with E-state index in [-0.39, 0.29) is 9.92 Å². The first-order valence-corrected chi connectivity index (χ1v) is 6.48. The average Bonchev–Trinajstić information content (AvgIpc) is 2.86. The maximum absolute atomic E-state index is 10.6. The van der Waals surface area contributed by atoms with Gasteiger partial charge in [0.1, 0.15) is 5.82 Å². The van der Waals surface area contributed by atoms with Gasteiger partial charge in [-0.2, -0.15) is 0 Å². The Morgan fingerprint density at radius 2 is 2.16 bits per heavy atom. The van der Waals surface area contributed by atoms with Crippen LogP contribution in [0.2, 0.25) is 0 Å². The van der Waals surface area contributed by atoms with Gasteiger partial charge in [0.2, 0.25) is 0 Å². The summed E-state index contributed by atoms with van der Waals surface area (Å²) in [6.45, 7) is 0.557. The first-order valence-electron chi connectivity index (χ1n) is 5.66. The molecule has 0 atom stereocenters. The molecular weight excluding hydrogens is 264 g/mol. The Labute approximate surface area is 114 Å². The third kappa shape index (κ3) is 3.41. The maximum Gasteiger partial charge on any atom is 0.324 e. The zero-order chi connectivity index (χ0) is 13.8. The minimum Gasteiger partial charge on any atom is -0.379 e. The minimum absolute atomic E-state index is 0.165. The molecule has 2 rings (SSSR count). The number of pyridine rings is 1. The van der Waals surface area contributed by atoms with Crippen LogP contribution in [0.4, 0.5) is 16.5 Å². The molecule has 2 aromatic heterocycles. The van der Waals surface area contributed by atoms with E-state index in [1.807, 2.05) is 31.1 Å². The predicted octanol–water partition coefficient (Wildman–Crippen LogP) is 2.73. The van der Waals surface area contributed by atoms with Gasteiger partial charge in [-0.25, -0.2) is 4.98 Å². The number of rotatable bonds is 5. The number of nitrogens with zero attached hydrogens (tertiary/aromatic N) is 3. The van der Waals surface area contributed by atoms with Crippen molar-refractivity contribution in [2.24, 2.45) is 0 Å². The Morgan fingerprint density at radius 1 is 1.37 bits per heavy atom. The van der Waals surface area contributed by atoms with Crippen LogP contribution in [0.15, 0.2) is 30.5 Å². The third-order valence-corrected chi connectivity index (χ3v) is 3.54. The summed E-state index contributed by atoms with van der Waals surface area (Å²) in [6.07, 6.45) is 1.75. The monoisotopic (exact) mass is 278 g/mol. The van der Waals surface area contributed by atoms with E-state index in [0.717, 1.165) is 16.4 Å². The summed E-state index contributed by atoms with van der Waals surface area (Å²) in [5.41, 5.74) is 0.890. The molecular formula is C12H14N4O2S. The minimum atomic E-state index is -0.373. The molecule has 0 spiro atoms. The molecule has 6 nitrogen and oxygen atoms in total. The molecule has 0 radical (unpaired) electrons. The number of nitrogens with one attached hydrogen (secondary N) is 1. The molecule has 0 aliphatic carbocycles. The summed E-state index contributed by atoms with van der Waals surface area (Å²) in [7, 11) is 3.86. The summed E-state index contributed by atoms with van der Waals surface area (Å²) in [5, 5.41) is 13.9. The molecule has 0 aliphatic rings. The smallest absolute Gasteiger partial charge is 0.324 e. The van der Waals surface area contributed by atoms with Gasteiger partial charge < -0.3 is 10.2 Å². The zero-order valence-corrected chi connectivity index (χ0v) is 11.5. The molecule has 0 fully saturated rings. The normalized spacial score (nSPS) is 10.2. The fourth-order valence-corrected chi connectivity index (χ4v) is 2.26. The molecule has 0 unspecified atom stereocenters. The van der Waals surface area contributed by atoms with Gasteiger partial charge in [-0.15, -0.1) is 0 Å². The lowest BCUT2D eigenvalue weighted by atomic mass is 10.3. The summed E-state index contributed by atoms with van der Waals surface area (Å²) >= 11 is 1.18. The standard InChI is InChI=1S/C12H14N4O2S/c1-15(2)11-5-3-9(7-14-11)13-8-10-4-6-12(19-10)16(17)18/h3-7,13H,8H2,1-2H3. The lowest BCUT2D eigenvalue weighted by Crippen LogP contribution is -2.10. The molecule has 19 heavy (non-hydrogen) atoms. The van der Waals surface area contributed by atoms with Gasteiger partial charge in [-0.1, -0.05) is 11.3 Å². The van der Waals surface area contributed by atoms with Crippen molar-refractivity contribution in [1.82, 2.24) is 4.98 Å². The Morgan fingerprint density at radius 3 is 2.68 bits per heavy atom. The third-order valence-electron chi connectivity index (χ3n) is 2.50. The summed E-state index contributed by atoms with van der Waals surface area (Å²) in [4.78, 5) is 17.3. The van der Waals surface area contributed by atoms with Crippen LogP contribution in [0.3, 0.4) is 0 Å². The molecule has 0 aliphatic heterocycles. The van der Waals surface area contributed by atoms with Crippen LogP contribution in [0.1, 0.15) is 4.88 Å². The number of aromatic nitrogens is 1. The van der Waals surface area contributed by atoms with Crippen molar-refractivity contribution in [3.63, 3.8) is 0 Å². The highest BCUT2D eigenvalue weighted by Gasteiger charge is 2.09. The fourth-order valence-electron chi connectivity index (χ4n) is 1.50. The zero-order valence-electron chi connectivity index (χ0n) is 10.7. The second kappa shape index (κ2) is 5.66. The maximum atomic E-state index is 10.6. The number of anilines is 2. The lowest BCUT2D eigenvalue weighted by Gasteiger charge is -2.11. The van der Waals surface area contributed by atoms with Gasteiger partial charge in [-0.3, -0.25) is 10.1 Å². The summed E-state index contributed by atoms with van der Waals surface area (Å²) in [6, 6.07) is 7.13. The van der Waals surface area contributed by atoms with Gasteiger partial charge in [-0.05, 0) is 18.2 Å². The van der Waals surface area contributed by atoms with Crippen molar-refractivity contribution < 1.29 is 4.92 Å². The van der Waals surface area contributed by atoms with Crippen molar-refractivity contribution >= 4 is 27.8 Å². The van der Waals surface area contributed by atoms with Crippen LogP contribution < -0.4 is 10.2 Å². The lowest BCUT2D eigenvalue weighted by molar-refractivity contribution is -0.380. The van der Waals surface area contributed by atoms with Crippen molar-refractivity contribution in [2.45, 2.75) is 6.54 Å². The average molecular weight is 278 g/mol. The van der Waals surface area contributed by atoms with E-state index in [4.69, 9.17) is 0 Å². The van der Waals surface area contributed by atoms with Crippen LogP contribution in [0, 0.1) is 10.1 Å². The molecule has 2 aromatic rings. The molecule has 0 amide bonds. The van der Waals surface area contributed by atoms with E-state index in [2.05, 4.69) is 10.3 Å². The predicted molar refractivity (Wildman–Crippen MR) is 76.9 cm³/mol. The molecule has 0 saturated heterocycles. The van der Waals surface area contributed by atoms with Crippen LogP contribution in [-0.2, 0) is 6.54 Å². The van der Waals surface area contributed by atoms with E-state index in [1.54, 1.807) is 12.3 Å². The fraction of sp³-hybridized carbons (Fsp3) is 0.250. The Balaban J connectivity index is 1.96. The Bertz CT molecular complexity index is 565. The Hall–Kier alpha value is -2.15. The van der Waals surface area contributed by atoms with Crippen LogP contribution in [0.25, 0.3) is 0 Å². The molecule has 0 bridgehead atoms. The topological polar surface area (TPSA) is 71.3 Å². The molecule has 100 valence electrons. The number of hydrogen-bond donors (Lipinski definition) is 1. The first-order chi connectivity index (χ1) is 9.06. The molecule has 1 N–H and O–H groups in total. The van der Waals surface area contributed by atoms with Gasteiger partial charge in [0.15, 0.2) is 0 Å². The van der Waals surface area contributed by atoms with Crippen molar-refractivity contribution in [3.05, 3.63) is 45.5 Å². The summed E-state index contributed by atoms with van der Waals surface area (Å²) < 4.78 is 0. The first kappa shape index (κ1) is 13.3.